The zero-order valence-electron chi connectivity index (χ0n) is 15.0. The largest absolute Gasteiger partial charge is 0.465 e. The molecule has 0 aliphatic carbocycles. The molecule has 1 saturated heterocycles. The van der Waals surface area contributed by atoms with Gasteiger partial charge in [0.2, 0.25) is 10.0 Å². The number of piperazine rings is 1. The lowest BCUT2D eigenvalue weighted by atomic mass is 10.2. The molecule has 1 aromatic heterocycles. The molecule has 0 spiro atoms. The van der Waals surface area contributed by atoms with E-state index in [1.807, 2.05) is 13.0 Å². The topological polar surface area (TPSA) is 84.0 Å². The third-order valence-electron chi connectivity index (χ3n) is 4.37. The molecule has 1 aliphatic heterocycles. The minimum absolute atomic E-state index is 0.0408. The molecule has 1 aliphatic rings. The summed E-state index contributed by atoms with van der Waals surface area (Å²) in [6.07, 6.45) is 0. The molecule has 9 heteroatoms. The van der Waals surface area contributed by atoms with Gasteiger partial charge in [0.1, 0.15) is 0 Å². The van der Waals surface area contributed by atoms with Crippen molar-refractivity contribution in [1.29, 1.82) is 0 Å². The first-order chi connectivity index (χ1) is 12.8. The van der Waals surface area contributed by atoms with E-state index in [9.17, 15) is 18.0 Å². The zero-order chi connectivity index (χ0) is 19.6. The summed E-state index contributed by atoms with van der Waals surface area (Å²) >= 11 is 1.43. The van der Waals surface area contributed by atoms with Crippen LogP contribution in [0.15, 0.2) is 41.3 Å². The Morgan fingerprint density at radius 1 is 1.07 bits per heavy atom. The van der Waals surface area contributed by atoms with Crippen LogP contribution in [-0.4, -0.2) is 62.8 Å². The predicted octanol–water partition coefficient (Wildman–Crippen LogP) is 1.99. The van der Waals surface area contributed by atoms with E-state index >= 15 is 0 Å². The molecule has 2 aromatic rings. The lowest BCUT2D eigenvalue weighted by molar-refractivity contribution is 0.0599. The number of ether oxygens (including phenoxy) is 1. The molecular formula is C18H20N2O5S2. The number of sulfonamides is 1. The van der Waals surface area contributed by atoms with Gasteiger partial charge >= 0.3 is 5.97 Å². The van der Waals surface area contributed by atoms with Crippen molar-refractivity contribution < 1.29 is 22.7 Å². The van der Waals surface area contributed by atoms with Gasteiger partial charge in [0.25, 0.3) is 5.91 Å². The smallest absolute Gasteiger partial charge is 0.337 e. The monoisotopic (exact) mass is 408 g/mol. The number of carbonyl (C=O) groups excluding carboxylic acids is 2. The summed E-state index contributed by atoms with van der Waals surface area (Å²) in [4.78, 5) is 27.6. The number of benzene rings is 1. The van der Waals surface area contributed by atoms with E-state index in [1.165, 1.54) is 47.0 Å². The van der Waals surface area contributed by atoms with Crippen LogP contribution >= 0.6 is 11.3 Å². The van der Waals surface area contributed by atoms with E-state index in [0.717, 1.165) is 4.88 Å². The van der Waals surface area contributed by atoms with Gasteiger partial charge < -0.3 is 9.64 Å². The quantitative estimate of drug-likeness (QED) is 0.723. The van der Waals surface area contributed by atoms with Gasteiger partial charge in [-0.2, -0.15) is 4.31 Å². The first-order valence-electron chi connectivity index (χ1n) is 8.37. The molecule has 0 N–H and O–H groups in total. The molecule has 0 radical (unpaired) electrons. The summed E-state index contributed by atoms with van der Waals surface area (Å²) in [5.74, 6) is -0.661. The van der Waals surface area contributed by atoms with Gasteiger partial charge in [-0.1, -0.05) is 6.07 Å². The maximum Gasteiger partial charge on any atom is 0.337 e. The third kappa shape index (κ3) is 4.05. The molecule has 1 fully saturated rings. The Balaban J connectivity index is 1.71. The molecule has 0 bridgehead atoms. The minimum Gasteiger partial charge on any atom is -0.465 e. The Morgan fingerprint density at radius 3 is 2.37 bits per heavy atom. The molecule has 0 unspecified atom stereocenters. The summed E-state index contributed by atoms with van der Waals surface area (Å²) in [5, 5.41) is 0. The van der Waals surface area contributed by atoms with Gasteiger partial charge in [0, 0.05) is 31.1 Å². The van der Waals surface area contributed by atoms with Crippen molar-refractivity contribution in [3.8, 4) is 0 Å². The van der Waals surface area contributed by atoms with E-state index in [4.69, 9.17) is 0 Å². The number of aryl methyl sites for hydroxylation is 1. The van der Waals surface area contributed by atoms with Gasteiger partial charge in [-0.15, -0.1) is 11.3 Å². The molecule has 2 heterocycles. The fraction of sp³-hybridized carbons (Fsp3) is 0.333. The van der Waals surface area contributed by atoms with Crippen molar-refractivity contribution in [2.75, 3.05) is 33.3 Å². The number of nitrogens with zero attached hydrogens (tertiary/aromatic N) is 2. The van der Waals surface area contributed by atoms with Gasteiger partial charge in [0.05, 0.1) is 22.4 Å². The fourth-order valence-electron chi connectivity index (χ4n) is 2.89. The molecule has 0 atom stereocenters. The molecule has 27 heavy (non-hydrogen) atoms. The summed E-state index contributed by atoms with van der Waals surface area (Å²) in [6.45, 7) is 3.01. The Labute approximate surface area is 162 Å². The highest BCUT2D eigenvalue weighted by molar-refractivity contribution is 7.89. The van der Waals surface area contributed by atoms with Gasteiger partial charge in [-0.05, 0) is 37.3 Å². The number of hydrogen-bond acceptors (Lipinski definition) is 6. The molecule has 1 amide bonds. The van der Waals surface area contributed by atoms with Crippen LogP contribution in [-0.2, 0) is 14.8 Å². The van der Waals surface area contributed by atoms with E-state index in [-0.39, 0.29) is 29.5 Å². The average Bonchev–Trinajstić information content (AvgIpc) is 3.13. The van der Waals surface area contributed by atoms with Crippen LogP contribution < -0.4 is 0 Å². The SMILES string of the molecule is COC(=O)c1cccc(S(=O)(=O)N2CCN(C(=O)c3ccc(C)s3)CC2)c1. The third-order valence-corrected chi connectivity index (χ3v) is 7.25. The van der Waals surface area contributed by atoms with Gasteiger partial charge in [0.15, 0.2) is 0 Å². The molecule has 3 rings (SSSR count). The minimum atomic E-state index is -3.75. The summed E-state index contributed by atoms with van der Waals surface area (Å²) in [5.41, 5.74) is 0.181. The first-order valence-corrected chi connectivity index (χ1v) is 10.6. The molecular weight excluding hydrogens is 388 g/mol. The lowest BCUT2D eigenvalue weighted by Gasteiger charge is -2.33. The molecule has 1 aromatic carbocycles. The van der Waals surface area contributed by atoms with E-state index in [1.54, 1.807) is 11.0 Å². The van der Waals surface area contributed by atoms with Crippen LogP contribution in [0.3, 0.4) is 0 Å². The maximum atomic E-state index is 12.9. The van der Waals surface area contributed by atoms with Crippen molar-refractivity contribution in [2.45, 2.75) is 11.8 Å². The Hall–Kier alpha value is -2.23. The maximum absolute atomic E-state index is 12.9. The van der Waals surface area contributed by atoms with Crippen LogP contribution in [0, 0.1) is 6.92 Å². The van der Waals surface area contributed by atoms with Crippen LogP contribution in [0.25, 0.3) is 0 Å². The van der Waals surface area contributed by atoms with Crippen LogP contribution in [0.1, 0.15) is 24.9 Å². The molecule has 0 saturated carbocycles. The summed E-state index contributed by atoms with van der Waals surface area (Å²) in [6, 6.07) is 9.47. The first kappa shape index (κ1) is 19.5. The number of hydrogen-bond donors (Lipinski definition) is 0. The Bertz CT molecular complexity index is 960. The average molecular weight is 409 g/mol. The highest BCUT2D eigenvalue weighted by Crippen LogP contribution is 2.22. The molecule has 144 valence electrons. The van der Waals surface area contributed by atoms with Crippen molar-refractivity contribution >= 4 is 33.2 Å². The summed E-state index contributed by atoms with van der Waals surface area (Å²) < 4.78 is 31.7. The van der Waals surface area contributed by atoms with E-state index < -0.39 is 16.0 Å². The zero-order valence-corrected chi connectivity index (χ0v) is 16.7. The van der Waals surface area contributed by atoms with Crippen LogP contribution in [0.2, 0.25) is 0 Å². The van der Waals surface area contributed by atoms with E-state index in [2.05, 4.69) is 4.74 Å². The second-order valence-electron chi connectivity index (χ2n) is 6.13. The number of esters is 1. The van der Waals surface area contributed by atoms with Gasteiger partial charge in [-0.3, -0.25) is 4.79 Å². The number of rotatable bonds is 4. The molecule has 7 nitrogen and oxygen atoms in total. The number of amides is 1. The van der Waals surface area contributed by atoms with Crippen molar-refractivity contribution in [3.63, 3.8) is 0 Å². The van der Waals surface area contributed by atoms with Crippen molar-refractivity contribution in [2.24, 2.45) is 0 Å². The van der Waals surface area contributed by atoms with Gasteiger partial charge in [-0.25, -0.2) is 13.2 Å². The van der Waals surface area contributed by atoms with Crippen molar-refractivity contribution in [3.05, 3.63) is 51.7 Å². The Morgan fingerprint density at radius 2 is 1.78 bits per heavy atom. The standard InChI is InChI=1S/C18H20N2O5S2/c1-13-6-7-16(26-13)17(21)19-8-10-20(11-9-19)27(23,24)15-5-3-4-14(12-15)18(22)25-2/h3-7,12H,8-11H2,1-2H3. The Kier molecular flexibility index (Phi) is 5.64. The highest BCUT2D eigenvalue weighted by atomic mass is 32.2. The fourth-order valence-corrected chi connectivity index (χ4v) is 5.19. The number of thiophene rings is 1. The predicted molar refractivity (Wildman–Crippen MR) is 101 cm³/mol. The number of carbonyl (C=O) groups is 2. The second kappa shape index (κ2) is 7.79. The second-order valence-corrected chi connectivity index (χ2v) is 9.35. The van der Waals surface area contributed by atoms with Crippen LogP contribution in [0.4, 0.5) is 0 Å². The lowest BCUT2D eigenvalue weighted by Crippen LogP contribution is -2.50. The van der Waals surface area contributed by atoms with Crippen molar-refractivity contribution in [1.82, 2.24) is 9.21 Å². The summed E-state index contributed by atoms with van der Waals surface area (Å²) in [7, 11) is -2.50. The van der Waals surface area contributed by atoms with E-state index in [0.29, 0.717) is 18.0 Å². The highest BCUT2D eigenvalue weighted by Gasteiger charge is 2.31. The van der Waals surface area contributed by atoms with Crippen LogP contribution in [0.5, 0.6) is 0 Å². The normalized spacial score (nSPS) is 15.6. The number of methoxy groups -OCH3 is 1.